The molecule has 0 saturated heterocycles. The largest absolute Gasteiger partial charge is 0.508 e. The third kappa shape index (κ3) is 3.14. The van der Waals surface area contributed by atoms with Crippen LogP contribution in [0.2, 0.25) is 0 Å². The van der Waals surface area contributed by atoms with Crippen LogP contribution in [0.1, 0.15) is 5.69 Å². The van der Waals surface area contributed by atoms with Gasteiger partial charge >= 0.3 is 0 Å². The van der Waals surface area contributed by atoms with Gasteiger partial charge in [0.15, 0.2) is 0 Å². The predicted octanol–water partition coefficient (Wildman–Crippen LogP) is 3.36. The van der Waals surface area contributed by atoms with Gasteiger partial charge in [-0.05, 0) is 30.3 Å². The lowest BCUT2D eigenvalue weighted by molar-refractivity contribution is 0.414. The monoisotopic (exact) mass is 348 g/mol. The standard InChI is InChI=1S/C19H16N4O3/c1-25-18-8-7-15(24)9-16(18)17-11-23(22-21-17)10-14-12-26-19(20-14)13-5-3-2-4-6-13/h2-9,11-12,24H,10H2,1H3. The van der Waals surface area contributed by atoms with E-state index < -0.39 is 0 Å². The Balaban J connectivity index is 1.56. The molecule has 0 spiro atoms. The van der Waals surface area contributed by atoms with Gasteiger partial charge in [-0.1, -0.05) is 23.4 Å². The van der Waals surface area contributed by atoms with E-state index in [-0.39, 0.29) is 5.75 Å². The van der Waals surface area contributed by atoms with Crippen molar-refractivity contribution in [1.82, 2.24) is 20.0 Å². The summed E-state index contributed by atoms with van der Waals surface area (Å²) in [5.74, 6) is 1.32. The Bertz CT molecular complexity index is 1020. The van der Waals surface area contributed by atoms with Gasteiger partial charge < -0.3 is 14.3 Å². The van der Waals surface area contributed by atoms with Crippen LogP contribution in [-0.4, -0.2) is 32.2 Å². The molecule has 0 radical (unpaired) electrons. The molecule has 0 aliphatic carbocycles. The number of hydrogen-bond donors (Lipinski definition) is 1. The second kappa shape index (κ2) is 6.72. The first-order valence-corrected chi connectivity index (χ1v) is 8.00. The van der Waals surface area contributed by atoms with Crippen LogP contribution >= 0.6 is 0 Å². The molecule has 2 aromatic heterocycles. The second-order valence-corrected chi connectivity index (χ2v) is 5.70. The Morgan fingerprint density at radius 1 is 1.15 bits per heavy atom. The van der Waals surface area contributed by atoms with Crippen LogP contribution in [0.25, 0.3) is 22.7 Å². The number of rotatable bonds is 5. The van der Waals surface area contributed by atoms with Crippen LogP contribution < -0.4 is 4.74 Å². The summed E-state index contributed by atoms with van der Waals surface area (Å²) in [5, 5.41) is 18.0. The minimum Gasteiger partial charge on any atom is -0.508 e. The summed E-state index contributed by atoms with van der Waals surface area (Å²) in [6, 6.07) is 14.5. The van der Waals surface area contributed by atoms with Crippen molar-refractivity contribution in [2.75, 3.05) is 7.11 Å². The van der Waals surface area contributed by atoms with Gasteiger partial charge in [0, 0.05) is 11.1 Å². The number of methoxy groups -OCH3 is 1. The number of aromatic hydroxyl groups is 1. The normalized spacial score (nSPS) is 10.8. The van der Waals surface area contributed by atoms with Crippen LogP contribution in [0.3, 0.4) is 0 Å². The lowest BCUT2D eigenvalue weighted by atomic mass is 10.1. The Labute approximate surface area is 149 Å². The molecule has 0 fully saturated rings. The zero-order valence-corrected chi connectivity index (χ0v) is 14.0. The molecule has 0 aliphatic rings. The Hall–Kier alpha value is -3.61. The number of nitrogens with zero attached hydrogens (tertiary/aromatic N) is 4. The van der Waals surface area contributed by atoms with E-state index in [0.29, 0.717) is 29.4 Å². The first kappa shape index (κ1) is 15.9. The van der Waals surface area contributed by atoms with Gasteiger partial charge in [0.1, 0.15) is 29.2 Å². The topological polar surface area (TPSA) is 86.2 Å². The van der Waals surface area contributed by atoms with E-state index in [1.807, 2.05) is 30.3 Å². The molecular formula is C19H16N4O3. The maximum atomic E-state index is 9.71. The predicted molar refractivity (Wildman–Crippen MR) is 94.7 cm³/mol. The molecule has 26 heavy (non-hydrogen) atoms. The van der Waals surface area contributed by atoms with Crippen LogP contribution in [0.15, 0.2) is 65.4 Å². The van der Waals surface area contributed by atoms with Crippen molar-refractivity contribution in [2.24, 2.45) is 0 Å². The number of oxazole rings is 1. The van der Waals surface area contributed by atoms with Gasteiger partial charge in [-0.2, -0.15) is 0 Å². The van der Waals surface area contributed by atoms with Crippen molar-refractivity contribution >= 4 is 0 Å². The minimum atomic E-state index is 0.138. The number of phenols is 1. The van der Waals surface area contributed by atoms with E-state index in [1.165, 1.54) is 0 Å². The lowest BCUT2D eigenvalue weighted by Gasteiger charge is -2.05. The fourth-order valence-corrected chi connectivity index (χ4v) is 2.65. The molecule has 7 nitrogen and oxygen atoms in total. The minimum absolute atomic E-state index is 0.138. The van der Waals surface area contributed by atoms with Gasteiger partial charge in [-0.3, -0.25) is 0 Å². The van der Waals surface area contributed by atoms with Crippen molar-refractivity contribution in [3.63, 3.8) is 0 Å². The summed E-state index contributed by atoms with van der Waals surface area (Å²) in [4.78, 5) is 4.49. The lowest BCUT2D eigenvalue weighted by Crippen LogP contribution is -2.00. The Morgan fingerprint density at radius 3 is 2.81 bits per heavy atom. The molecule has 2 heterocycles. The van der Waals surface area contributed by atoms with Crippen molar-refractivity contribution < 1.29 is 14.3 Å². The third-order valence-corrected chi connectivity index (χ3v) is 3.89. The van der Waals surface area contributed by atoms with Crippen LogP contribution in [-0.2, 0) is 6.54 Å². The highest BCUT2D eigenvalue weighted by Gasteiger charge is 2.13. The first-order chi connectivity index (χ1) is 12.7. The van der Waals surface area contributed by atoms with Gasteiger partial charge in [-0.15, -0.1) is 5.10 Å². The van der Waals surface area contributed by atoms with Gasteiger partial charge in [-0.25, -0.2) is 9.67 Å². The van der Waals surface area contributed by atoms with Crippen molar-refractivity contribution in [3.8, 4) is 34.2 Å². The maximum Gasteiger partial charge on any atom is 0.226 e. The molecule has 0 bridgehead atoms. The van der Waals surface area contributed by atoms with Crippen LogP contribution in [0.5, 0.6) is 11.5 Å². The summed E-state index contributed by atoms with van der Waals surface area (Å²) < 4.78 is 12.5. The average Bonchev–Trinajstić information content (AvgIpc) is 3.32. The van der Waals surface area contributed by atoms with Crippen molar-refractivity contribution in [1.29, 1.82) is 0 Å². The van der Waals surface area contributed by atoms with Crippen molar-refractivity contribution in [3.05, 3.63) is 66.7 Å². The summed E-state index contributed by atoms with van der Waals surface area (Å²) in [7, 11) is 1.57. The molecule has 0 amide bonds. The van der Waals surface area contributed by atoms with Gasteiger partial charge in [0.2, 0.25) is 5.89 Å². The number of ether oxygens (including phenoxy) is 1. The second-order valence-electron chi connectivity index (χ2n) is 5.70. The molecule has 2 aromatic carbocycles. The first-order valence-electron chi connectivity index (χ1n) is 8.00. The molecule has 0 atom stereocenters. The zero-order chi connectivity index (χ0) is 17.9. The van der Waals surface area contributed by atoms with E-state index in [1.54, 1.807) is 42.5 Å². The molecule has 130 valence electrons. The molecular weight excluding hydrogens is 332 g/mol. The summed E-state index contributed by atoms with van der Waals surface area (Å²) in [5.41, 5.74) is 2.93. The smallest absolute Gasteiger partial charge is 0.226 e. The molecule has 4 rings (SSSR count). The van der Waals surface area contributed by atoms with E-state index in [0.717, 1.165) is 11.3 Å². The number of phenolic OH excluding ortho intramolecular Hbond substituents is 1. The zero-order valence-electron chi connectivity index (χ0n) is 14.0. The average molecular weight is 348 g/mol. The molecule has 7 heteroatoms. The van der Waals surface area contributed by atoms with Gasteiger partial charge in [0.25, 0.3) is 0 Å². The maximum absolute atomic E-state index is 9.71. The fraction of sp³-hybridized carbons (Fsp3) is 0.105. The quantitative estimate of drug-likeness (QED) is 0.595. The summed E-state index contributed by atoms with van der Waals surface area (Å²) >= 11 is 0. The van der Waals surface area contributed by atoms with Crippen molar-refractivity contribution in [2.45, 2.75) is 6.54 Å². The van der Waals surface area contributed by atoms with E-state index in [4.69, 9.17) is 9.15 Å². The SMILES string of the molecule is COc1ccc(O)cc1-c1cn(Cc2coc(-c3ccccc3)n2)nn1. The number of hydrogen-bond acceptors (Lipinski definition) is 6. The number of benzene rings is 2. The third-order valence-electron chi connectivity index (χ3n) is 3.89. The Kier molecular flexibility index (Phi) is 4.10. The molecule has 0 saturated carbocycles. The summed E-state index contributed by atoms with van der Waals surface area (Å²) in [6.45, 7) is 0.421. The molecule has 0 aliphatic heterocycles. The van der Waals surface area contributed by atoms with Crippen LogP contribution in [0.4, 0.5) is 0 Å². The number of aromatic nitrogens is 4. The molecule has 0 unspecified atom stereocenters. The van der Waals surface area contributed by atoms with E-state index in [2.05, 4.69) is 15.3 Å². The molecule has 1 N–H and O–H groups in total. The van der Waals surface area contributed by atoms with Gasteiger partial charge in [0.05, 0.1) is 19.9 Å². The highest BCUT2D eigenvalue weighted by molar-refractivity contribution is 5.68. The Morgan fingerprint density at radius 2 is 2.00 bits per heavy atom. The van der Waals surface area contributed by atoms with E-state index in [9.17, 15) is 5.11 Å². The molecule has 4 aromatic rings. The highest BCUT2D eigenvalue weighted by atomic mass is 16.5. The highest BCUT2D eigenvalue weighted by Crippen LogP contribution is 2.31. The van der Waals surface area contributed by atoms with E-state index >= 15 is 0 Å². The van der Waals surface area contributed by atoms with Crippen LogP contribution in [0, 0.1) is 0 Å². The fourth-order valence-electron chi connectivity index (χ4n) is 2.65. The summed E-state index contributed by atoms with van der Waals surface area (Å²) in [6.07, 6.45) is 3.38.